The van der Waals surface area contributed by atoms with Crippen molar-refractivity contribution in [2.24, 2.45) is 0 Å². The van der Waals surface area contributed by atoms with Crippen molar-refractivity contribution in [3.05, 3.63) is 40.4 Å². The number of hydrogen-bond donors (Lipinski definition) is 0. The van der Waals surface area contributed by atoms with Crippen LogP contribution < -0.4 is 5.56 Å². The lowest BCUT2D eigenvalue weighted by molar-refractivity contribution is -0.148. The standard InChI is InChI=1S/C14H16N2O4/c1-10-15-12-6-4-3-5-11(12)14(18)16(10)7-8-20-13(17)9-19-2/h3-6H,7-9H2,1-2H3. The Morgan fingerprint density at radius 3 is 2.85 bits per heavy atom. The van der Waals surface area contributed by atoms with Crippen LogP contribution in [0.15, 0.2) is 29.1 Å². The van der Waals surface area contributed by atoms with Crippen molar-refractivity contribution in [2.45, 2.75) is 13.5 Å². The van der Waals surface area contributed by atoms with Gasteiger partial charge in [0.1, 0.15) is 19.0 Å². The van der Waals surface area contributed by atoms with Crippen LogP contribution in [0.4, 0.5) is 0 Å². The quantitative estimate of drug-likeness (QED) is 0.759. The third-order valence-corrected chi connectivity index (χ3v) is 2.89. The number of nitrogens with zero attached hydrogens (tertiary/aromatic N) is 2. The van der Waals surface area contributed by atoms with E-state index >= 15 is 0 Å². The number of methoxy groups -OCH3 is 1. The molecule has 0 spiro atoms. The molecule has 0 saturated carbocycles. The highest BCUT2D eigenvalue weighted by Crippen LogP contribution is 2.07. The van der Waals surface area contributed by atoms with E-state index in [1.54, 1.807) is 25.1 Å². The Morgan fingerprint density at radius 2 is 2.10 bits per heavy atom. The molecule has 1 aromatic heterocycles. The van der Waals surface area contributed by atoms with E-state index in [2.05, 4.69) is 9.72 Å². The summed E-state index contributed by atoms with van der Waals surface area (Å²) in [6.07, 6.45) is 0. The predicted molar refractivity (Wildman–Crippen MR) is 73.6 cm³/mol. The first-order chi connectivity index (χ1) is 9.63. The normalized spacial score (nSPS) is 10.7. The lowest BCUT2D eigenvalue weighted by Crippen LogP contribution is -2.27. The summed E-state index contributed by atoms with van der Waals surface area (Å²) in [6.45, 7) is 2.05. The molecular weight excluding hydrogens is 260 g/mol. The summed E-state index contributed by atoms with van der Waals surface area (Å²) >= 11 is 0. The summed E-state index contributed by atoms with van der Waals surface area (Å²) < 4.78 is 11.1. The molecule has 1 heterocycles. The number of ether oxygens (including phenoxy) is 2. The number of carbonyl (C=O) groups excluding carboxylic acids is 1. The molecule has 0 N–H and O–H groups in total. The number of esters is 1. The van der Waals surface area contributed by atoms with Crippen molar-refractivity contribution in [3.8, 4) is 0 Å². The van der Waals surface area contributed by atoms with Crippen molar-refractivity contribution in [3.63, 3.8) is 0 Å². The van der Waals surface area contributed by atoms with Crippen LogP contribution in [0.3, 0.4) is 0 Å². The van der Waals surface area contributed by atoms with E-state index in [0.29, 0.717) is 16.7 Å². The average Bonchev–Trinajstić information content (AvgIpc) is 2.43. The van der Waals surface area contributed by atoms with Gasteiger partial charge in [0.2, 0.25) is 0 Å². The van der Waals surface area contributed by atoms with Gasteiger partial charge >= 0.3 is 5.97 Å². The molecule has 0 unspecified atom stereocenters. The zero-order valence-electron chi connectivity index (χ0n) is 11.5. The largest absolute Gasteiger partial charge is 0.462 e. The van der Waals surface area contributed by atoms with Crippen LogP contribution in [0.5, 0.6) is 0 Å². The maximum Gasteiger partial charge on any atom is 0.332 e. The lowest BCUT2D eigenvalue weighted by atomic mass is 10.2. The predicted octanol–water partition coefficient (Wildman–Crippen LogP) is 0.895. The topological polar surface area (TPSA) is 70.4 Å². The van der Waals surface area contributed by atoms with Gasteiger partial charge in [-0.1, -0.05) is 12.1 Å². The van der Waals surface area contributed by atoms with Gasteiger partial charge < -0.3 is 9.47 Å². The Hall–Kier alpha value is -2.21. The van der Waals surface area contributed by atoms with E-state index in [9.17, 15) is 9.59 Å². The minimum Gasteiger partial charge on any atom is -0.462 e. The van der Waals surface area contributed by atoms with Gasteiger partial charge in [0, 0.05) is 7.11 Å². The Bertz CT molecular complexity index is 678. The molecule has 0 aliphatic carbocycles. The molecule has 1 aromatic carbocycles. The number of aryl methyl sites for hydroxylation is 1. The van der Waals surface area contributed by atoms with E-state index in [0.717, 1.165) is 0 Å². The Morgan fingerprint density at radius 1 is 1.35 bits per heavy atom. The van der Waals surface area contributed by atoms with Crippen molar-refractivity contribution in [1.29, 1.82) is 0 Å². The zero-order chi connectivity index (χ0) is 14.5. The molecule has 0 aliphatic rings. The maximum absolute atomic E-state index is 12.3. The average molecular weight is 276 g/mol. The molecule has 0 radical (unpaired) electrons. The van der Waals surface area contributed by atoms with Gasteiger partial charge in [0.25, 0.3) is 5.56 Å². The highest BCUT2D eigenvalue weighted by molar-refractivity contribution is 5.77. The van der Waals surface area contributed by atoms with Crippen LogP contribution in [0.2, 0.25) is 0 Å². The SMILES string of the molecule is COCC(=O)OCCn1c(C)nc2ccccc2c1=O. The molecule has 20 heavy (non-hydrogen) atoms. The monoisotopic (exact) mass is 276 g/mol. The Kier molecular flexibility index (Phi) is 4.47. The van der Waals surface area contributed by atoms with Crippen LogP contribution in [0.25, 0.3) is 10.9 Å². The minimum atomic E-state index is -0.452. The van der Waals surface area contributed by atoms with Gasteiger partial charge in [-0.05, 0) is 19.1 Å². The fraction of sp³-hybridized carbons (Fsp3) is 0.357. The summed E-state index contributed by atoms with van der Waals surface area (Å²) in [4.78, 5) is 27.8. The van der Waals surface area contributed by atoms with Crippen LogP contribution >= 0.6 is 0 Å². The van der Waals surface area contributed by atoms with E-state index in [4.69, 9.17) is 4.74 Å². The molecule has 0 saturated heterocycles. The van der Waals surface area contributed by atoms with E-state index in [1.807, 2.05) is 6.07 Å². The molecule has 106 valence electrons. The molecule has 0 aliphatic heterocycles. The van der Waals surface area contributed by atoms with Crippen molar-refractivity contribution in [1.82, 2.24) is 9.55 Å². The molecule has 0 amide bonds. The molecule has 6 heteroatoms. The molecule has 6 nitrogen and oxygen atoms in total. The minimum absolute atomic E-state index is 0.0934. The van der Waals surface area contributed by atoms with Crippen molar-refractivity contribution >= 4 is 16.9 Å². The number of hydrogen-bond acceptors (Lipinski definition) is 5. The van der Waals surface area contributed by atoms with Crippen LogP contribution in [-0.4, -0.2) is 35.8 Å². The van der Waals surface area contributed by atoms with E-state index in [-0.39, 0.29) is 25.3 Å². The smallest absolute Gasteiger partial charge is 0.332 e. The van der Waals surface area contributed by atoms with Crippen LogP contribution in [0.1, 0.15) is 5.82 Å². The van der Waals surface area contributed by atoms with E-state index < -0.39 is 5.97 Å². The summed E-state index contributed by atoms with van der Waals surface area (Å²) in [5, 5.41) is 0.557. The second-order valence-corrected chi connectivity index (χ2v) is 4.29. The van der Waals surface area contributed by atoms with Gasteiger partial charge in [0.15, 0.2) is 0 Å². The maximum atomic E-state index is 12.3. The second kappa shape index (κ2) is 6.29. The number of rotatable bonds is 5. The highest BCUT2D eigenvalue weighted by Gasteiger charge is 2.08. The number of fused-ring (bicyclic) bond motifs is 1. The van der Waals surface area contributed by atoms with Crippen molar-refractivity contribution < 1.29 is 14.3 Å². The van der Waals surface area contributed by atoms with Gasteiger partial charge in [-0.3, -0.25) is 9.36 Å². The second-order valence-electron chi connectivity index (χ2n) is 4.29. The molecule has 0 atom stereocenters. The van der Waals surface area contributed by atoms with Gasteiger partial charge in [-0.15, -0.1) is 0 Å². The first-order valence-electron chi connectivity index (χ1n) is 6.24. The molecular formula is C14H16N2O4. The third kappa shape index (κ3) is 3.03. The molecule has 0 bridgehead atoms. The molecule has 0 fully saturated rings. The third-order valence-electron chi connectivity index (χ3n) is 2.89. The van der Waals surface area contributed by atoms with Gasteiger partial charge in [-0.2, -0.15) is 0 Å². The number of carbonyl (C=O) groups is 1. The number of aromatic nitrogens is 2. The Labute approximate surface area is 116 Å². The van der Waals surface area contributed by atoms with Crippen LogP contribution in [-0.2, 0) is 20.8 Å². The summed E-state index contributed by atoms with van der Waals surface area (Å²) in [5.74, 6) is 0.142. The number of benzene rings is 1. The first kappa shape index (κ1) is 14.2. The highest BCUT2D eigenvalue weighted by atomic mass is 16.6. The van der Waals surface area contributed by atoms with E-state index in [1.165, 1.54) is 11.7 Å². The van der Waals surface area contributed by atoms with Crippen LogP contribution in [0, 0.1) is 6.92 Å². The van der Waals surface area contributed by atoms with Gasteiger partial charge in [-0.25, -0.2) is 9.78 Å². The molecule has 2 rings (SSSR count). The van der Waals surface area contributed by atoms with Gasteiger partial charge in [0.05, 0.1) is 17.4 Å². The first-order valence-corrected chi connectivity index (χ1v) is 6.24. The van der Waals surface area contributed by atoms with Crippen molar-refractivity contribution in [2.75, 3.05) is 20.3 Å². The summed E-state index contributed by atoms with van der Waals surface area (Å²) in [5.41, 5.74) is 0.540. The summed E-state index contributed by atoms with van der Waals surface area (Å²) in [6, 6.07) is 7.17. The number of para-hydroxylation sites is 1. The molecule has 2 aromatic rings. The fourth-order valence-electron chi connectivity index (χ4n) is 1.95. The Balaban J connectivity index is 2.18. The lowest BCUT2D eigenvalue weighted by Gasteiger charge is -2.11. The summed E-state index contributed by atoms with van der Waals surface area (Å²) in [7, 11) is 1.42. The fourth-order valence-corrected chi connectivity index (χ4v) is 1.95. The zero-order valence-corrected chi connectivity index (χ0v) is 11.5.